The summed E-state index contributed by atoms with van der Waals surface area (Å²) in [4.78, 5) is 2.34. The molecule has 0 spiro atoms. The molecule has 0 saturated carbocycles. The fraction of sp³-hybridized carbons (Fsp3) is 1.00. The third-order valence-electron chi connectivity index (χ3n) is 2.79. The Labute approximate surface area is 87.6 Å². The van der Waals surface area contributed by atoms with E-state index in [2.05, 4.69) is 25.8 Å². The quantitative estimate of drug-likeness (QED) is 0.722. The molecule has 0 aromatic heterocycles. The molecule has 0 bridgehead atoms. The molecule has 1 heterocycles. The van der Waals surface area contributed by atoms with Crippen LogP contribution in [0.4, 0.5) is 0 Å². The van der Waals surface area contributed by atoms with Crippen LogP contribution in [0.1, 0.15) is 26.7 Å². The van der Waals surface area contributed by atoms with Crippen LogP contribution in [-0.2, 0) is 4.74 Å². The maximum Gasteiger partial charge on any atom is 0.0702 e. The van der Waals surface area contributed by atoms with E-state index in [1.54, 1.807) is 0 Å². The van der Waals surface area contributed by atoms with E-state index in [0.29, 0.717) is 6.10 Å². The molecule has 1 rings (SSSR count). The van der Waals surface area contributed by atoms with Crippen molar-refractivity contribution in [3.05, 3.63) is 0 Å². The van der Waals surface area contributed by atoms with Gasteiger partial charge in [0.15, 0.2) is 0 Å². The highest BCUT2D eigenvalue weighted by Crippen LogP contribution is 2.17. The molecule has 84 valence electrons. The van der Waals surface area contributed by atoms with Gasteiger partial charge in [0.05, 0.1) is 6.10 Å². The number of nitrogens with zero attached hydrogens (tertiary/aromatic N) is 1. The lowest BCUT2D eigenvalue weighted by molar-refractivity contribution is 0.0705. The highest BCUT2D eigenvalue weighted by atomic mass is 16.5. The third kappa shape index (κ3) is 3.95. The van der Waals surface area contributed by atoms with Crippen molar-refractivity contribution in [1.29, 1.82) is 0 Å². The monoisotopic (exact) mass is 200 g/mol. The van der Waals surface area contributed by atoms with Gasteiger partial charge in [0.25, 0.3) is 0 Å². The van der Waals surface area contributed by atoms with Crippen LogP contribution in [0.2, 0.25) is 0 Å². The lowest BCUT2D eigenvalue weighted by atomic mass is 9.93. The van der Waals surface area contributed by atoms with Crippen molar-refractivity contribution < 1.29 is 4.74 Å². The largest absolute Gasteiger partial charge is 0.377 e. The normalized spacial score (nSPS) is 23.4. The van der Waals surface area contributed by atoms with E-state index >= 15 is 0 Å². The Morgan fingerprint density at radius 3 is 2.71 bits per heavy atom. The molecular weight excluding hydrogens is 176 g/mol. The number of likely N-dealkylation sites (N-methyl/N-ethyl adjacent to an activating group) is 1. The predicted octanol–water partition coefficient (Wildman–Crippen LogP) is 1.08. The number of nitrogens with two attached hydrogens (primary N) is 1. The first-order chi connectivity index (χ1) is 6.53. The average molecular weight is 200 g/mol. The van der Waals surface area contributed by atoms with Gasteiger partial charge in [-0.3, -0.25) is 0 Å². The van der Waals surface area contributed by atoms with Gasteiger partial charge in [0.2, 0.25) is 0 Å². The molecule has 0 amide bonds. The predicted molar refractivity (Wildman–Crippen MR) is 59.3 cm³/mol. The first kappa shape index (κ1) is 12.0. The molecule has 2 N–H and O–H groups in total. The maximum atomic E-state index is 5.70. The van der Waals surface area contributed by atoms with Crippen molar-refractivity contribution in [3.8, 4) is 0 Å². The molecule has 0 aromatic rings. The van der Waals surface area contributed by atoms with Gasteiger partial charge in [0.1, 0.15) is 0 Å². The number of hydrogen-bond donors (Lipinski definition) is 1. The smallest absolute Gasteiger partial charge is 0.0702 e. The molecule has 1 unspecified atom stereocenters. The van der Waals surface area contributed by atoms with Crippen molar-refractivity contribution in [2.45, 2.75) is 32.8 Å². The Morgan fingerprint density at radius 1 is 1.50 bits per heavy atom. The van der Waals surface area contributed by atoms with Gasteiger partial charge in [-0.15, -0.1) is 0 Å². The van der Waals surface area contributed by atoms with E-state index < -0.39 is 0 Å². The summed E-state index contributed by atoms with van der Waals surface area (Å²) < 4.78 is 5.60. The molecule has 1 fully saturated rings. The molecule has 0 radical (unpaired) electrons. The molecule has 0 aliphatic carbocycles. The highest BCUT2D eigenvalue weighted by molar-refractivity contribution is 4.76. The van der Waals surface area contributed by atoms with Crippen LogP contribution in [0.15, 0.2) is 0 Å². The van der Waals surface area contributed by atoms with Crippen molar-refractivity contribution in [2.24, 2.45) is 11.1 Å². The molecule has 14 heavy (non-hydrogen) atoms. The zero-order valence-electron chi connectivity index (χ0n) is 9.75. The number of rotatable bonds is 5. The SMILES string of the molecule is CN(CC1CCCO1)CC(C)(C)CN. The zero-order chi connectivity index (χ0) is 10.6. The minimum atomic E-state index is 0.216. The number of ether oxygens (including phenoxy) is 1. The standard InChI is InChI=1S/C11H24N2O/c1-11(2,8-12)9-13(3)7-10-5-4-6-14-10/h10H,4-9,12H2,1-3H3. The van der Waals surface area contributed by atoms with Crippen LogP contribution in [-0.4, -0.2) is 44.3 Å². The summed E-state index contributed by atoms with van der Waals surface area (Å²) in [5, 5.41) is 0. The molecule has 3 nitrogen and oxygen atoms in total. The molecular formula is C11H24N2O. The Kier molecular flexibility index (Phi) is 4.35. The molecule has 1 atom stereocenters. The van der Waals surface area contributed by atoms with E-state index in [1.165, 1.54) is 12.8 Å². The van der Waals surface area contributed by atoms with Gasteiger partial charge >= 0.3 is 0 Å². The van der Waals surface area contributed by atoms with E-state index in [9.17, 15) is 0 Å². The maximum absolute atomic E-state index is 5.70. The van der Waals surface area contributed by atoms with Crippen LogP contribution >= 0.6 is 0 Å². The van der Waals surface area contributed by atoms with Crippen molar-refractivity contribution in [3.63, 3.8) is 0 Å². The summed E-state index contributed by atoms with van der Waals surface area (Å²) >= 11 is 0. The second kappa shape index (κ2) is 5.10. The fourth-order valence-corrected chi connectivity index (χ4v) is 2.00. The number of hydrogen-bond acceptors (Lipinski definition) is 3. The molecule has 0 aromatic carbocycles. The van der Waals surface area contributed by atoms with Gasteiger partial charge in [-0.05, 0) is 31.8 Å². The second-order valence-corrected chi connectivity index (χ2v) is 5.20. The van der Waals surface area contributed by atoms with Gasteiger partial charge in [-0.2, -0.15) is 0 Å². The lowest BCUT2D eigenvalue weighted by Gasteiger charge is -2.30. The minimum absolute atomic E-state index is 0.216. The Bertz CT molecular complexity index is 165. The van der Waals surface area contributed by atoms with E-state index in [0.717, 1.165) is 26.2 Å². The topological polar surface area (TPSA) is 38.5 Å². The average Bonchev–Trinajstić information content (AvgIpc) is 2.55. The van der Waals surface area contributed by atoms with Crippen LogP contribution in [0, 0.1) is 5.41 Å². The molecule has 1 aliphatic heterocycles. The zero-order valence-corrected chi connectivity index (χ0v) is 9.75. The summed E-state index contributed by atoms with van der Waals surface area (Å²) in [5.41, 5.74) is 5.92. The lowest BCUT2D eigenvalue weighted by Crippen LogP contribution is -2.39. The Hall–Kier alpha value is -0.120. The third-order valence-corrected chi connectivity index (χ3v) is 2.79. The summed E-state index contributed by atoms with van der Waals surface area (Å²) in [5.74, 6) is 0. The summed E-state index contributed by atoms with van der Waals surface area (Å²) in [7, 11) is 2.15. The first-order valence-electron chi connectivity index (χ1n) is 5.54. The van der Waals surface area contributed by atoms with Gasteiger partial charge in [-0.1, -0.05) is 13.8 Å². The summed E-state index contributed by atoms with van der Waals surface area (Å²) in [6.45, 7) is 8.19. The molecule has 1 saturated heterocycles. The van der Waals surface area contributed by atoms with Gasteiger partial charge < -0.3 is 15.4 Å². The van der Waals surface area contributed by atoms with E-state index in [4.69, 9.17) is 10.5 Å². The van der Waals surface area contributed by atoms with Gasteiger partial charge in [-0.25, -0.2) is 0 Å². The second-order valence-electron chi connectivity index (χ2n) is 5.20. The molecule has 3 heteroatoms. The highest BCUT2D eigenvalue weighted by Gasteiger charge is 2.22. The van der Waals surface area contributed by atoms with Crippen molar-refractivity contribution in [1.82, 2.24) is 4.90 Å². The van der Waals surface area contributed by atoms with Crippen LogP contribution in [0.25, 0.3) is 0 Å². The molecule has 1 aliphatic rings. The van der Waals surface area contributed by atoms with Gasteiger partial charge in [0, 0.05) is 19.7 Å². The minimum Gasteiger partial charge on any atom is -0.377 e. The van der Waals surface area contributed by atoms with Crippen LogP contribution < -0.4 is 5.73 Å². The summed E-state index contributed by atoms with van der Waals surface area (Å²) in [6.07, 6.45) is 2.89. The summed E-state index contributed by atoms with van der Waals surface area (Å²) in [6, 6.07) is 0. The van der Waals surface area contributed by atoms with Crippen LogP contribution in [0.3, 0.4) is 0 Å². The fourth-order valence-electron chi connectivity index (χ4n) is 2.00. The Morgan fingerprint density at radius 2 is 2.21 bits per heavy atom. The van der Waals surface area contributed by atoms with E-state index in [1.807, 2.05) is 0 Å². The Balaban J connectivity index is 2.23. The van der Waals surface area contributed by atoms with Crippen molar-refractivity contribution >= 4 is 0 Å². The van der Waals surface area contributed by atoms with Crippen molar-refractivity contribution in [2.75, 3.05) is 33.3 Å². The van der Waals surface area contributed by atoms with E-state index in [-0.39, 0.29) is 5.41 Å². The first-order valence-corrected chi connectivity index (χ1v) is 5.54. The van der Waals surface area contributed by atoms with Crippen LogP contribution in [0.5, 0.6) is 0 Å².